The summed E-state index contributed by atoms with van der Waals surface area (Å²) < 4.78 is 28.0. The Morgan fingerprint density at radius 3 is 2.51 bits per heavy atom. The van der Waals surface area contributed by atoms with Crippen LogP contribution in [0.1, 0.15) is 104 Å². The lowest BCUT2D eigenvalue weighted by atomic mass is 9.46. The standard InChI is InChI=1S/C43H53N3O7/c1-23(2)12-11-17-41(8)18-16-28-35(52-41)27(14-13-24(3)4)37-31(36(28)50-9)33-32-34(46-21-20-44-40(46)45-33)29-22-30(25(5)6)43(32,53-37)42(49,38(29)47)19-15-26(7)39(48)51-10/h12-13,15-16,18,20-21,25,29-30,34,49H,11,14,17,19,22H2,1-10H3,(H,44,45)/b26-15-. The molecule has 1 spiro atoms. The van der Waals surface area contributed by atoms with Crippen LogP contribution in [0.15, 0.2) is 59.0 Å². The average Bonchev–Trinajstić information content (AvgIpc) is 3.59. The summed E-state index contributed by atoms with van der Waals surface area (Å²) >= 11 is 0. The van der Waals surface area contributed by atoms with E-state index in [-0.39, 0.29) is 24.0 Å². The predicted molar refractivity (Wildman–Crippen MR) is 205 cm³/mol. The molecule has 53 heavy (non-hydrogen) atoms. The van der Waals surface area contributed by atoms with Crippen LogP contribution in [0.3, 0.4) is 0 Å². The van der Waals surface area contributed by atoms with Crippen molar-refractivity contribution in [2.24, 2.45) is 17.8 Å². The normalized spacial score (nSPS) is 28.9. The summed E-state index contributed by atoms with van der Waals surface area (Å²) in [5, 5.41) is 16.9. The van der Waals surface area contributed by atoms with E-state index in [0.29, 0.717) is 41.6 Å². The average molecular weight is 724 g/mol. The molecule has 6 atom stereocenters. The van der Waals surface area contributed by atoms with Gasteiger partial charge >= 0.3 is 5.97 Å². The van der Waals surface area contributed by atoms with Gasteiger partial charge in [0.1, 0.15) is 22.8 Å². The highest BCUT2D eigenvalue weighted by Crippen LogP contribution is 2.69. The van der Waals surface area contributed by atoms with E-state index in [1.807, 2.05) is 10.8 Å². The van der Waals surface area contributed by atoms with E-state index in [1.165, 1.54) is 12.7 Å². The van der Waals surface area contributed by atoms with Gasteiger partial charge in [-0.1, -0.05) is 43.2 Å². The van der Waals surface area contributed by atoms with Crippen LogP contribution in [-0.2, 0) is 20.7 Å². The van der Waals surface area contributed by atoms with Gasteiger partial charge in [-0.25, -0.2) is 9.78 Å². The number of nitrogens with one attached hydrogen (secondary N) is 1. The second kappa shape index (κ2) is 13.1. The van der Waals surface area contributed by atoms with Gasteiger partial charge in [-0.3, -0.25) is 4.79 Å². The van der Waals surface area contributed by atoms with E-state index < -0.39 is 34.7 Å². The zero-order chi connectivity index (χ0) is 38.2. The second-order valence-corrected chi connectivity index (χ2v) is 16.4. The minimum Gasteiger partial charge on any atom is -0.495 e. The number of ether oxygens (including phenoxy) is 4. The SMILES string of the molecule is COC(=O)/C(C)=C\CC1(O)C(=O)C2CC(C(C)C)C13Oc1c(CC=C(C)C)c4c(c(OC)c1C1=C3C2n2ccnc2N1)C=CC(C)(CCC=C(C)C)O4. The van der Waals surface area contributed by atoms with Crippen molar-refractivity contribution in [1.29, 1.82) is 0 Å². The van der Waals surface area contributed by atoms with Crippen molar-refractivity contribution in [1.82, 2.24) is 9.55 Å². The third kappa shape index (κ3) is 5.42. The van der Waals surface area contributed by atoms with E-state index in [4.69, 9.17) is 18.9 Å². The number of allylic oxidation sites excluding steroid dienone is 4. The smallest absolute Gasteiger partial charge is 0.333 e. The zero-order valence-electron chi connectivity index (χ0n) is 32.7. The molecule has 0 saturated heterocycles. The Hall–Kier alpha value is -4.57. The molecule has 0 amide bonds. The Bertz CT molecular complexity index is 2040. The number of carbonyl (C=O) groups excluding carboxylic acids is 2. The van der Waals surface area contributed by atoms with Crippen LogP contribution in [0, 0.1) is 17.8 Å². The molecule has 1 aromatic carbocycles. The van der Waals surface area contributed by atoms with E-state index in [0.717, 1.165) is 46.4 Å². The number of esters is 1. The van der Waals surface area contributed by atoms with Gasteiger partial charge in [-0.05, 0) is 85.3 Å². The molecule has 3 aliphatic heterocycles. The van der Waals surface area contributed by atoms with Crippen LogP contribution < -0.4 is 19.5 Å². The first kappa shape index (κ1) is 36.8. The van der Waals surface area contributed by atoms with Gasteiger partial charge in [0.05, 0.1) is 37.1 Å². The lowest BCUT2D eigenvalue weighted by molar-refractivity contribution is -0.210. The Balaban J connectivity index is 1.55. The monoisotopic (exact) mass is 723 g/mol. The molecular weight excluding hydrogens is 670 g/mol. The molecule has 0 radical (unpaired) electrons. The maximum atomic E-state index is 15.0. The van der Waals surface area contributed by atoms with Crippen molar-refractivity contribution in [2.75, 3.05) is 19.5 Å². The number of hydrogen-bond acceptors (Lipinski definition) is 9. The number of benzene rings is 1. The molecule has 3 aliphatic carbocycles. The Kier molecular flexibility index (Phi) is 9.07. The number of carbonyl (C=O) groups is 2. The molecule has 8 rings (SSSR count). The van der Waals surface area contributed by atoms with Crippen molar-refractivity contribution in [2.45, 2.75) is 110 Å². The fraction of sp³-hybridized carbons (Fsp3) is 0.512. The summed E-state index contributed by atoms with van der Waals surface area (Å²) in [6, 6.07) is -0.447. The number of imidazole rings is 1. The van der Waals surface area contributed by atoms with E-state index in [9.17, 15) is 14.7 Å². The number of anilines is 1. The molecule has 10 heteroatoms. The van der Waals surface area contributed by atoms with Crippen LogP contribution >= 0.6 is 0 Å². The fourth-order valence-corrected chi connectivity index (χ4v) is 9.43. The zero-order valence-corrected chi connectivity index (χ0v) is 32.7. The van der Waals surface area contributed by atoms with Crippen molar-refractivity contribution < 1.29 is 33.6 Å². The maximum Gasteiger partial charge on any atom is 0.333 e. The number of nitrogens with zero attached hydrogens (tertiary/aromatic N) is 2. The first-order valence-corrected chi connectivity index (χ1v) is 18.8. The summed E-state index contributed by atoms with van der Waals surface area (Å²) in [6.45, 7) is 16.3. The molecule has 6 unspecified atom stereocenters. The van der Waals surface area contributed by atoms with E-state index >= 15 is 0 Å². The van der Waals surface area contributed by atoms with E-state index in [1.54, 1.807) is 26.3 Å². The maximum absolute atomic E-state index is 15.0. The van der Waals surface area contributed by atoms with Gasteiger partial charge in [0.15, 0.2) is 17.0 Å². The van der Waals surface area contributed by atoms with E-state index in [2.05, 4.69) is 83.1 Å². The minimum atomic E-state index is -2.02. The third-order valence-corrected chi connectivity index (χ3v) is 12.0. The molecule has 10 nitrogen and oxygen atoms in total. The Morgan fingerprint density at radius 2 is 1.85 bits per heavy atom. The topological polar surface area (TPSA) is 121 Å². The van der Waals surface area contributed by atoms with Crippen LogP contribution in [0.2, 0.25) is 0 Å². The summed E-state index contributed by atoms with van der Waals surface area (Å²) in [7, 11) is 2.98. The highest BCUT2D eigenvalue weighted by atomic mass is 16.5. The molecular formula is C43H53N3O7. The van der Waals surface area contributed by atoms with Crippen molar-refractivity contribution >= 4 is 29.5 Å². The molecule has 2 bridgehead atoms. The number of fused-ring (bicyclic) bond motifs is 6. The fourth-order valence-electron chi connectivity index (χ4n) is 9.43. The number of aromatic nitrogens is 2. The Morgan fingerprint density at radius 1 is 1.11 bits per heavy atom. The summed E-state index contributed by atoms with van der Waals surface area (Å²) in [4.78, 5) is 32.3. The number of aliphatic hydroxyl groups is 1. The lowest BCUT2D eigenvalue weighted by Crippen LogP contribution is -2.78. The third-order valence-electron chi connectivity index (χ3n) is 12.0. The van der Waals surface area contributed by atoms with Gasteiger partial charge < -0.3 is 33.9 Å². The van der Waals surface area contributed by atoms with Gasteiger partial charge in [-0.2, -0.15) is 0 Å². The molecule has 282 valence electrons. The highest BCUT2D eigenvalue weighted by molar-refractivity contribution is 6.02. The summed E-state index contributed by atoms with van der Waals surface area (Å²) in [5.41, 5.74) is 2.42. The highest BCUT2D eigenvalue weighted by Gasteiger charge is 2.76. The molecule has 2 N–H and O–H groups in total. The minimum absolute atomic E-state index is 0.0153. The largest absolute Gasteiger partial charge is 0.495 e. The van der Waals surface area contributed by atoms with Gasteiger partial charge in [0.2, 0.25) is 5.95 Å². The molecule has 3 saturated carbocycles. The van der Waals surface area contributed by atoms with Crippen LogP contribution in [0.4, 0.5) is 5.95 Å². The molecule has 4 heterocycles. The van der Waals surface area contributed by atoms with Gasteiger partial charge in [0.25, 0.3) is 0 Å². The predicted octanol–water partition coefficient (Wildman–Crippen LogP) is 7.94. The Labute approximate surface area is 312 Å². The first-order chi connectivity index (χ1) is 25.1. The number of hydrogen-bond donors (Lipinski definition) is 2. The van der Waals surface area contributed by atoms with Crippen LogP contribution in [0.5, 0.6) is 17.2 Å². The molecule has 3 fully saturated rings. The molecule has 1 aromatic heterocycles. The quantitative estimate of drug-likeness (QED) is 0.143. The summed E-state index contributed by atoms with van der Waals surface area (Å²) in [6.07, 6.45) is 16.3. The number of rotatable bonds is 10. The van der Waals surface area contributed by atoms with Crippen LogP contribution in [0.25, 0.3) is 11.8 Å². The van der Waals surface area contributed by atoms with Crippen LogP contribution in [-0.4, -0.2) is 57.4 Å². The van der Waals surface area contributed by atoms with Crippen molar-refractivity contribution in [3.05, 3.63) is 75.7 Å². The first-order valence-electron chi connectivity index (χ1n) is 18.8. The van der Waals surface area contributed by atoms with Crippen molar-refractivity contribution in [3.8, 4) is 17.2 Å². The van der Waals surface area contributed by atoms with Crippen molar-refractivity contribution in [3.63, 3.8) is 0 Å². The van der Waals surface area contributed by atoms with Gasteiger partial charge in [0, 0.05) is 47.4 Å². The molecule has 2 aromatic rings. The second-order valence-electron chi connectivity index (χ2n) is 16.4. The number of ketones is 1. The van der Waals surface area contributed by atoms with Gasteiger partial charge in [-0.15, -0.1) is 0 Å². The lowest BCUT2D eigenvalue weighted by Gasteiger charge is -2.66. The number of Topliss-reactive ketones (excluding diaryl/α,β-unsaturated/α-hetero) is 1. The molecule has 6 aliphatic rings. The summed E-state index contributed by atoms with van der Waals surface area (Å²) in [5.74, 6) is 0.723. The number of methoxy groups -OCH3 is 2.